The highest BCUT2D eigenvalue weighted by Crippen LogP contribution is 2.38. The summed E-state index contributed by atoms with van der Waals surface area (Å²) in [5.41, 5.74) is 6.08. The number of nitrogens with zero attached hydrogens (tertiary/aromatic N) is 2. The Hall–Kier alpha value is -7.60. The predicted octanol–water partition coefficient (Wildman–Crippen LogP) is 6.26. The number of hydrogen-bond donors (Lipinski definition) is 5. The number of aliphatic hydroxyl groups is 5. The van der Waals surface area contributed by atoms with Crippen LogP contribution < -0.4 is 33.5 Å². The van der Waals surface area contributed by atoms with Gasteiger partial charge in [0.2, 0.25) is 0 Å². The number of aliphatic hydroxyl groups excluding tert-OH is 5. The van der Waals surface area contributed by atoms with Crippen molar-refractivity contribution in [3.8, 4) is 39.9 Å². The third kappa shape index (κ3) is 10.8. The first-order chi connectivity index (χ1) is 33.7. The molecule has 16 nitrogen and oxygen atoms in total. The van der Waals surface area contributed by atoms with Crippen LogP contribution in [0.4, 0.5) is 11.4 Å². The van der Waals surface area contributed by atoms with Gasteiger partial charge in [0.25, 0.3) is 11.8 Å². The van der Waals surface area contributed by atoms with E-state index in [4.69, 9.17) is 23.7 Å². The Morgan fingerprint density at radius 1 is 0.386 bits per heavy atom. The van der Waals surface area contributed by atoms with Crippen molar-refractivity contribution >= 4 is 34.8 Å². The third-order valence-electron chi connectivity index (χ3n) is 12.2. The Morgan fingerprint density at radius 3 is 1.44 bits per heavy atom. The van der Waals surface area contributed by atoms with E-state index in [0.717, 1.165) is 11.1 Å². The maximum absolute atomic E-state index is 13.8. The number of benzene rings is 6. The van der Waals surface area contributed by atoms with Gasteiger partial charge in [-0.3, -0.25) is 19.2 Å². The van der Waals surface area contributed by atoms with Crippen molar-refractivity contribution < 1.29 is 68.4 Å². The number of anilines is 2. The molecule has 366 valence electrons. The molecule has 0 saturated heterocycles. The van der Waals surface area contributed by atoms with Gasteiger partial charge in [-0.25, -0.2) is 0 Å². The van der Waals surface area contributed by atoms with E-state index in [0.29, 0.717) is 67.6 Å². The molecule has 5 N–H and O–H groups in total. The molecule has 70 heavy (non-hydrogen) atoms. The van der Waals surface area contributed by atoms with Crippen molar-refractivity contribution in [2.75, 3.05) is 59.4 Å². The summed E-state index contributed by atoms with van der Waals surface area (Å²) in [4.78, 5) is 57.5. The Kier molecular flexibility index (Phi) is 17.1. The van der Waals surface area contributed by atoms with Crippen LogP contribution in [0.25, 0.3) is 11.1 Å². The third-order valence-corrected chi connectivity index (χ3v) is 12.2. The largest absolute Gasteiger partial charge is 0.496 e. The average Bonchev–Trinajstić information content (AvgIpc) is 3.40. The number of methoxy groups -OCH3 is 5. The number of Topliss-reactive ketones (excluding diaryl/α,β-unsaturated/α-hetero) is 2. The first kappa shape index (κ1) is 51.8. The summed E-state index contributed by atoms with van der Waals surface area (Å²) >= 11 is 0. The smallest absolute Gasteiger partial charge is 0.262 e. The topological polar surface area (TPSA) is 222 Å². The zero-order chi connectivity index (χ0) is 50.8. The van der Waals surface area contributed by atoms with Crippen LogP contribution >= 0.6 is 0 Å². The predicted molar refractivity (Wildman–Crippen MR) is 262 cm³/mol. The first-order valence-electron chi connectivity index (χ1n) is 21.9. The molecule has 16 heteroatoms. The molecule has 0 saturated carbocycles. The number of ketones is 2. The molecule has 0 radical (unpaired) electrons. The highest BCUT2D eigenvalue weighted by molar-refractivity contribution is 6.10. The molecule has 0 aliphatic heterocycles. The van der Waals surface area contributed by atoms with Gasteiger partial charge in [0.1, 0.15) is 17.2 Å². The van der Waals surface area contributed by atoms with Crippen LogP contribution in [0, 0.1) is 0 Å². The standard InChI is InChI=1S/C54H56N2O14/c1-55(53(64)42-19-39(28-59)38(27-58)18-40(42)29-60)44-14-12-34(17-41(44)30-61)46(62)20-32-9-8-31(16-37(32)26-57)33-10-11-36(48(22-33)66-3)21-47(63)35-13-15-45(50(23-35)68-5)56(2)54(65)43-24-51(69-6)52(70-7)25-49(43)67-4/h8-19,22-25,57-61H,20-21,26-30H2,1-7H3. The molecule has 0 aliphatic rings. The fourth-order valence-corrected chi connectivity index (χ4v) is 8.23. The highest BCUT2D eigenvalue weighted by atomic mass is 16.5. The normalized spacial score (nSPS) is 10.9. The quantitative estimate of drug-likeness (QED) is 0.0503. The monoisotopic (exact) mass is 956 g/mol. The van der Waals surface area contributed by atoms with Gasteiger partial charge >= 0.3 is 0 Å². The van der Waals surface area contributed by atoms with Crippen molar-refractivity contribution in [2.45, 2.75) is 45.9 Å². The molecular weight excluding hydrogens is 901 g/mol. The Balaban J connectivity index is 1.16. The van der Waals surface area contributed by atoms with Crippen LogP contribution in [0.2, 0.25) is 0 Å². The van der Waals surface area contributed by atoms with Crippen LogP contribution in [0.5, 0.6) is 28.7 Å². The van der Waals surface area contributed by atoms with Crippen molar-refractivity contribution in [3.05, 3.63) is 158 Å². The van der Waals surface area contributed by atoms with E-state index < -0.39 is 31.6 Å². The molecule has 2 amide bonds. The average molecular weight is 957 g/mol. The second-order valence-electron chi connectivity index (χ2n) is 16.1. The van der Waals surface area contributed by atoms with Crippen LogP contribution in [-0.4, -0.2) is 98.6 Å². The van der Waals surface area contributed by atoms with Crippen LogP contribution in [0.15, 0.2) is 97.1 Å². The van der Waals surface area contributed by atoms with Gasteiger partial charge in [0.15, 0.2) is 23.1 Å². The molecule has 6 rings (SSSR count). The summed E-state index contributed by atoms with van der Waals surface area (Å²) < 4.78 is 27.6. The molecule has 6 aromatic carbocycles. The summed E-state index contributed by atoms with van der Waals surface area (Å²) in [6, 6.07) is 26.1. The van der Waals surface area contributed by atoms with Crippen molar-refractivity contribution in [3.63, 3.8) is 0 Å². The van der Waals surface area contributed by atoms with Crippen LogP contribution in [-0.2, 0) is 45.9 Å². The molecule has 0 heterocycles. The molecule has 0 atom stereocenters. The van der Waals surface area contributed by atoms with E-state index in [1.54, 1.807) is 67.7 Å². The van der Waals surface area contributed by atoms with Crippen molar-refractivity contribution in [1.29, 1.82) is 0 Å². The van der Waals surface area contributed by atoms with Gasteiger partial charge in [-0.1, -0.05) is 30.3 Å². The SMILES string of the molecule is COc1cc(-c2ccc(CC(=O)c3ccc(N(C)C(=O)c4cc(CO)c(CO)cc4CO)c(CO)c3)c(CO)c2)ccc1CC(=O)c1ccc(N(C)C(=O)c2cc(OC)c(OC)cc2OC)c(OC)c1. The molecule has 0 aliphatic carbocycles. The fourth-order valence-electron chi connectivity index (χ4n) is 8.23. The van der Waals surface area contributed by atoms with Gasteiger partial charge in [0, 0.05) is 72.6 Å². The Bertz CT molecular complexity index is 2730. The molecule has 0 aromatic heterocycles. The fraction of sp³-hybridized carbons (Fsp3) is 0.259. The van der Waals surface area contributed by atoms with Gasteiger partial charge in [-0.2, -0.15) is 0 Å². The van der Waals surface area contributed by atoms with Crippen molar-refractivity contribution in [1.82, 2.24) is 0 Å². The molecular formula is C54H56N2O14. The number of rotatable bonds is 21. The molecule has 0 spiro atoms. The van der Waals surface area contributed by atoms with E-state index in [1.807, 2.05) is 12.1 Å². The minimum absolute atomic E-state index is 0.0204. The molecule has 0 fully saturated rings. The van der Waals surface area contributed by atoms with E-state index in [1.165, 1.54) is 76.7 Å². The lowest BCUT2D eigenvalue weighted by molar-refractivity contribution is 0.0980. The van der Waals surface area contributed by atoms with Crippen molar-refractivity contribution in [2.24, 2.45) is 0 Å². The van der Waals surface area contributed by atoms with Gasteiger partial charge in [-0.05, 0) is 93.5 Å². The van der Waals surface area contributed by atoms with E-state index in [9.17, 15) is 44.7 Å². The van der Waals surface area contributed by atoms with Crippen LogP contribution in [0.3, 0.4) is 0 Å². The Morgan fingerprint density at radius 2 is 0.857 bits per heavy atom. The second-order valence-corrected chi connectivity index (χ2v) is 16.1. The van der Waals surface area contributed by atoms with E-state index in [2.05, 4.69) is 0 Å². The summed E-state index contributed by atoms with van der Waals surface area (Å²) in [6.07, 6.45) is -0.0983. The number of carbonyl (C=O) groups is 4. The lowest BCUT2D eigenvalue weighted by Crippen LogP contribution is -2.29. The Labute approximate surface area is 405 Å². The summed E-state index contributed by atoms with van der Waals surface area (Å²) in [7, 11) is 10.4. The van der Waals surface area contributed by atoms with Gasteiger partial charge in [-0.15, -0.1) is 0 Å². The van der Waals surface area contributed by atoms with E-state index >= 15 is 0 Å². The minimum Gasteiger partial charge on any atom is -0.496 e. The molecule has 0 unspecified atom stereocenters. The summed E-state index contributed by atoms with van der Waals surface area (Å²) in [5.74, 6) is 0.272. The van der Waals surface area contributed by atoms with E-state index in [-0.39, 0.29) is 71.4 Å². The maximum atomic E-state index is 13.8. The summed E-state index contributed by atoms with van der Waals surface area (Å²) in [5, 5.41) is 50.2. The molecule has 6 aromatic rings. The highest BCUT2D eigenvalue weighted by Gasteiger charge is 2.26. The number of carbonyl (C=O) groups excluding carboxylic acids is 4. The molecule has 0 bridgehead atoms. The lowest BCUT2D eigenvalue weighted by Gasteiger charge is -2.23. The van der Waals surface area contributed by atoms with Crippen LogP contribution in [0.1, 0.15) is 80.4 Å². The summed E-state index contributed by atoms with van der Waals surface area (Å²) in [6.45, 7) is -2.17. The number of hydrogen-bond acceptors (Lipinski definition) is 14. The number of amides is 2. The second kappa shape index (κ2) is 23.1. The number of ether oxygens (including phenoxy) is 5. The van der Waals surface area contributed by atoms with Gasteiger partial charge in [0.05, 0.1) is 79.8 Å². The first-order valence-corrected chi connectivity index (χ1v) is 21.9. The maximum Gasteiger partial charge on any atom is 0.262 e. The minimum atomic E-state index is -0.538. The zero-order valence-corrected chi connectivity index (χ0v) is 40.0. The van der Waals surface area contributed by atoms with Gasteiger partial charge < -0.3 is 59.0 Å². The lowest BCUT2D eigenvalue weighted by atomic mass is 9.93. The zero-order valence-electron chi connectivity index (χ0n) is 40.0.